The highest BCUT2D eigenvalue weighted by atomic mass is 16.5. The Labute approximate surface area is 177 Å². The van der Waals surface area contributed by atoms with Gasteiger partial charge in [-0.15, -0.1) is 0 Å². The zero-order chi connectivity index (χ0) is 22.4. The maximum atomic E-state index is 12.4. The molecule has 0 aromatic carbocycles. The Bertz CT molecular complexity index is 892. The topological polar surface area (TPSA) is 118 Å². The highest BCUT2D eigenvalue weighted by molar-refractivity contribution is 5.99. The van der Waals surface area contributed by atoms with Crippen LogP contribution in [0.3, 0.4) is 0 Å². The minimum atomic E-state index is -0.868. The highest BCUT2D eigenvalue weighted by Gasteiger charge is 2.31. The molecule has 162 valence electrons. The van der Waals surface area contributed by atoms with E-state index in [4.69, 9.17) is 10.5 Å². The average Bonchev–Trinajstić information content (AvgIpc) is 2.96. The van der Waals surface area contributed by atoms with E-state index in [1.165, 1.54) is 11.0 Å². The minimum absolute atomic E-state index is 0.183. The molecule has 1 aromatic heterocycles. The van der Waals surface area contributed by atoms with Gasteiger partial charge in [0.1, 0.15) is 17.7 Å². The van der Waals surface area contributed by atoms with Gasteiger partial charge in [0.05, 0.1) is 0 Å². The summed E-state index contributed by atoms with van der Waals surface area (Å²) in [6.07, 6.45) is 3.57. The number of aromatic nitrogens is 1. The van der Waals surface area contributed by atoms with Crippen LogP contribution in [0.5, 0.6) is 0 Å². The molecule has 0 saturated carbocycles. The second-order valence-corrected chi connectivity index (χ2v) is 8.08. The zero-order valence-corrected chi connectivity index (χ0v) is 18.1. The van der Waals surface area contributed by atoms with Crippen molar-refractivity contribution < 1.29 is 19.1 Å². The number of esters is 1. The Morgan fingerprint density at radius 3 is 2.63 bits per heavy atom. The van der Waals surface area contributed by atoms with Crippen LogP contribution in [0.4, 0.5) is 0 Å². The van der Waals surface area contributed by atoms with E-state index in [0.717, 1.165) is 36.3 Å². The predicted octanol–water partition coefficient (Wildman–Crippen LogP) is 2.08. The van der Waals surface area contributed by atoms with E-state index in [1.807, 2.05) is 26.0 Å². The number of nitrogens with zero attached hydrogens (tertiary/aromatic N) is 3. The van der Waals surface area contributed by atoms with E-state index in [-0.39, 0.29) is 5.57 Å². The summed E-state index contributed by atoms with van der Waals surface area (Å²) in [5.41, 5.74) is 7.94. The molecule has 1 aliphatic heterocycles. The van der Waals surface area contributed by atoms with Gasteiger partial charge >= 0.3 is 5.97 Å². The molecule has 1 aliphatic rings. The van der Waals surface area contributed by atoms with Gasteiger partial charge in [-0.05, 0) is 56.7 Å². The van der Waals surface area contributed by atoms with Crippen LogP contribution in [0, 0.1) is 31.1 Å². The van der Waals surface area contributed by atoms with Gasteiger partial charge in [-0.3, -0.25) is 9.59 Å². The van der Waals surface area contributed by atoms with Crippen molar-refractivity contribution in [2.45, 2.75) is 59.5 Å². The van der Waals surface area contributed by atoms with Crippen LogP contribution >= 0.6 is 0 Å². The number of hydrogen-bond acceptors (Lipinski definition) is 5. The number of amides is 2. The number of piperidine rings is 1. The van der Waals surface area contributed by atoms with Crippen molar-refractivity contribution in [2.24, 2.45) is 11.7 Å². The number of nitriles is 1. The summed E-state index contributed by atoms with van der Waals surface area (Å²) in [5, 5.41) is 9.42. The lowest BCUT2D eigenvalue weighted by atomic mass is 10.0. The van der Waals surface area contributed by atoms with E-state index >= 15 is 0 Å². The van der Waals surface area contributed by atoms with Gasteiger partial charge in [0.15, 0.2) is 6.61 Å². The molecule has 8 nitrogen and oxygen atoms in total. The van der Waals surface area contributed by atoms with Crippen molar-refractivity contribution in [3.05, 3.63) is 28.6 Å². The molecule has 2 amide bonds. The lowest BCUT2D eigenvalue weighted by Gasteiger charge is -2.33. The molecule has 1 atom stereocenters. The van der Waals surface area contributed by atoms with E-state index in [0.29, 0.717) is 18.9 Å². The van der Waals surface area contributed by atoms with Crippen molar-refractivity contribution in [2.75, 3.05) is 13.2 Å². The van der Waals surface area contributed by atoms with Gasteiger partial charge in [0.25, 0.3) is 5.91 Å². The third-order valence-corrected chi connectivity index (χ3v) is 5.28. The number of ether oxygens (including phenoxy) is 1. The first-order chi connectivity index (χ1) is 14.1. The number of nitrogens with two attached hydrogens (primary N) is 1. The van der Waals surface area contributed by atoms with Crippen LogP contribution < -0.4 is 5.73 Å². The maximum absolute atomic E-state index is 12.4. The van der Waals surface area contributed by atoms with Gasteiger partial charge in [-0.25, -0.2) is 4.79 Å². The normalized spacial score (nSPS) is 17.0. The third-order valence-electron chi connectivity index (χ3n) is 5.28. The zero-order valence-electron chi connectivity index (χ0n) is 18.1. The molecule has 2 heterocycles. The van der Waals surface area contributed by atoms with Crippen molar-refractivity contribution in [3.63, 3.8) is 0 Å². The number of carbonyl (C=O) groups excluding carboxylic acids is 3. The molecule has 1 saturated heterocycles. The van der Waals surface area contributed by atoms with Crippen LogP contribution in [0.15, 0.2) is 11.6 Å². The summed E-state index contributed by atoms with van der Waals surface area (Å²) in [5.74, 6) is -1.47. The van der Waals surface area contributed by atoms with Crippen LogP contribution in [-0.2, 0) is 25.7 Å². The van der Waals surface area contributed by atoms with Crippen molar-refractivity contribution in [1.82, 2.24) is 9.47 Å². The first-order valence-corrected chi connectivity index (χ1v) is 10.2. The number of primary amides is 1. The van der Waals surface area contributed by atoms with E-state index in [1.54, 1.807) is 0 Å². The second-order valence-electron chi connectivity index (χ2n) is 8.08. The van der Waals surface area contributed by atoms with E-state index < -0.39 is 30.4 Å². The summed E-state index contributed by atoms with van der Waals surface area (Å²) < 4.78 is 7.21. The molecule has 2 rings (SSSR count). The Kier molecular flexibility index (Phi) is 7.81. The molecule has 1 fully saturated rings. The smallest absolute Gasteiger partial charge is 0.349 e. The molecule has 0 aliphatic carbocycles. The van der Waals surface area contributed by atoms with Gasteiger partial charge in [0.2, 0.25) is 5.91 Å². The Morgan fingerprint density at radius 2 is 2.03 bits per heavy atom. The summed E-state index contributed by atoms with van der Waals surface area (Å²) in [6.45, 7) is 8.85. The summed E-state index contributed by atoms with van der Waals surface area (Å²) in [7, 11) is 0. The van der Waals surface area contributed by atoms with Gasteiger partial charge in [0, 0.05) is 24.5 Å². The number of rotatable bonds is 7. The molecular weight excluding hydrogens is 384 g/mol. The lowest BCUT2D eigenvalue weighted by Crippen LogP contribution is -2.51. The number of hydrogen-bond donors (Lipinski definition) is 1. The van der Waals surface area contributed by atoms with Gasteiger partial charge in [-0.2, -0.15) is 5.26 Å². The average molecular weight is 415 g/mol. The molecule has 2 N–H and O–H groups in total. The first kappa shape index (κ1) is 23.2. The lowest BCUT2D eigenvalue weighted by molar-refractivity contribution is -0.152. The Balaban J connectivity index is 2.09. The molecule has 8 heteroatoms. The van der Waals surface area contributed by atoms with Gasteiger partial charge < -0.3 is 19.9 Å². The van der Waals surface area contributed by atoms with Crippen LogP contribution in [-0.4, -0.2) is 46.4 Å². The molecule has 0 spiro atoms. The molecule has 0 unspecified atom stereocenters. The fourth-order valence-corrected chi connectivity index (χ4v) is 3.73. The molecule has 0 bridgehead atoms. The number of likely N-dealkylation sites (tertiary alicyclic amines) is 1. The number of aryl methyl sites for hydroxylation is 1. The largest absolute Gasteiger partial charge is 0.451 e. The van der Waals surface area contributed by atoms with Crippen LogP contribution in [0.1, 0.15) is 50.1 Å². The third kappa shape index (κ3) is 5.50. The quantitative estimate of drug-likeness (QED) is 0.416. The van der Waals surface area contributed by atoms with E-state index in [9.17, 15) is 19.6 Å². The molecule has 30 heavy (non-hydrogen) atoms. The Hall–Kier alpha value is -3.08. The number of carbonyl (C=O) groups is 3. The SMILES string of the molecule is Cc1cc(/C=C(\C#N)C(=O)OCC(=O)N2CCCC[C@@H]2C(N)=O)c(C)n1CC(C)C. The molecule has 0 radical (unpaired) electrons. The predicted molar refractivity (Wildman–Crippen MR) is 112 cm³/mol. The summed E-state index contributed by atoms with van der Waals surface area (Å²) in [4.78, 5) is 37.7. The van der Waals surface area contributed by atoms with Crippen molar-refractivity contribution in [3.8, 4) is 6.07 Å². The first-order valence-electron chi connectivity index (χ1n) is 10.2. The van der Waals surface area contributed by atoms with Crippen LogP contribution in [0.2, 0.25) is 0 Å². The highest BCUT2D eigenvalue weighted by Crippen LogP contribution is 2.20. The minimum Gasteiger partial charge on any atom is -0.451 e. The maximum Gasteiger partial charge on any atom is 0.349 e. The van der Waals surface area contributed by atoms with Crippen molar-refractivity contribution >= 4 is 23.9 Å². The fourth-order valence-electron chi connectivity index (χ4n) is 3.73. The monoisotopic (exact) mass is 414 g/mol. The fraction of sp³-hybridized carbons (Fsp3) is 0.545. The summed E-state index contributed by atoms with van der Waals surface area (Å²) in [6, 6.07) is 3.09. The molecular formula is C22H30N4O4. The van der Waals surface area contributed by atoms with Crippen molar-refractivity contribution in [1.29, 1.82) is 5.26 Å². The standard InChI is InChI=1S/C22H30N4O4/c1-14(2)12-26-15(3)9-17(16(26)4)10-18(11-23)22(29)30-13-20(27)25-8-6-5-7-19(25)21(24)28/h9-10,14,19H,5-8,12-13H2,1-4H3,(H2,24,28)/b18-10+/t19-/m1/s1. The summed E-state index contributed by atoms with van der Waals surface area (Å²) >= 11 is 0. The van der Waals surface area contributed by atoms with E-state index in [2.05, 4.69) is 18.4 Å². The van der Waals surface area contributed by atoms with Crippen LogP contribution in [0.25, 0.3) is 6.08 Å². The van der Waals surface area contributed by atoms with Gasteiger partial charge in [-0.1, -0.05) is 13.8 Å². The Morgan fingerprint density at radius 1 is 1.33 bits per heavy atom. The second kappa shape index (κ2) is 10.1. The molecule has 1 aromatic rings.